The Morgan fingerprint density at radius 2 is 1.64 bits per heavy atom. The molecule has 0 aliphatic carbocycles. The van der Waals surface area contributed by atoms with Crippen LogP contribution >= 0.6 is 24.0 Å². The number of aryl methyl sites for hydroxylation is 1. The molecule has 1 aliphatic heterocycles. The molecule has 0 unspecified atom stereocenters. The minimum absolute atomic E-state index is 0.0710. The van der Waals surface area contributed by atoms with Crippen molar-refractivity contribution in [1.82, 2.24) is 4.90 Å². The molecule has 0 bridgehead atoms. The number of thioether (sulfide) groups is 1. The number of rotatable bonds is 7. The van der Waals surface area contributed by atoms with Gasteiger partial charge in [-0.3, -0.25) is 14.5 Å². The Labute approximate surface area is 203 Å². The number of benzene rings is 3. The first-order valence-corrected chi connectivity index (χ1v) is 12.0. The molecule has 1 N–H and O–H groups in total. The van der Waals surface area contributed by atoms with E-state index in [1.807, 2.05) is 67.6 Å². The molecule has 1 saturated heterocycles. The van der Waals surface area contributed by atoms with Crippen molar-refractivity contribution < 1.29 is 9.59 Å². The number of hydrogen-bond donors (Lipinski definition) is 1. The molecule has 3 aromatic carbocycles. The zero-order valence-electron chi connectivity index (χ0n) is 18.3. The van der Waals surface area contributed by atoms with Gasteiger partial charge in [0.25, 0.3) is 5.91 Å². The molecule has 3 aromatic rings. The predicted molar refractivity (Wildman–Crippen MR) is 141 cm³/mol. The van der Waals surface area contributed by atoms with E-state index in [-0.39, 0.29) is 11.8 Å². The van der Waals surface area contributed by atoms with E-state index in [0.29, 0.717) is 28.6 Å². The molecule has 4 nitrogen and oxygen atoms in total. The van der Waals surface area contributed by atoms with Crippen LogP contribution in [-0.2, 0) is 9.59 Å². The van der Waals surface area contributed by atoms with Crippen molar-refractivity contribution in [3.8, 4) is 11.1 Å². The second-order valence-corrected chi connectivity index (χ2v) is 9.51. The fourth-order valence-electron chi connectivity index (χ4n) is 3.50. The van der Waals surface area contributed by atoms with Gasteiger partial charge in [-0.05, 0) is 48.2 Å². The second-order valence-electron chi connectivity index (χ2n) is 7.84. The van der Waals surface area contributed by atoms with Crippen molar-refractivity contribution in [3.05, 3.63) is 94.9 Å². The van der Waals surface area contributed by atoms with Crippen LogP contribution in [0.5, 0.6) is 0 Å². The highest BCUT2D eigenvalue weighted by atomic mass is 32.2. The summed E-state index contributed by atoms with van der Waals surface area (Å²) in [5, 5.41) is 2.88. The van der Waals surface area contributed by atoms with Crippen molar-refractivity contribution in [2.75, 3.05) is 11.9 Å². The zero-order valence-corrected chi connectivity index (χ0v) is 19.9. The van der Waals surface area contributed by atoms with E-state index in [1.165, 1.54) is 11.8 Å². The highest BCUT2D eigenvalue weighted by molar-refractivity contribution is 8.26. The third-order valence-electron chi connectivity index (χ3n) is 5.31. The number of thiocarbonyl (C=S) groups is 1. The molecule has 0 saturated carbocycles. The molecule has 1 aliphatic rings. The van der Waals surface area contributed by atoms with Gasteiger partial charge in [-0.2, -0.15) is 0 Å². The molecule has 0 aromatic heterocycles. The van der Waals surface area contributed by atoms with Crippen molar-refractivity contribution >= 4 is 51.9 Å². The van der Waals surface area contributed by atoms with Gasteiger partial charge in [-0.25, -0.2) is 0 Å². The molecule has 2 amide bonds. The number of nitrogens with zero attached hydrogens (tertiary/aromatic N) is 1. The second kappa shape index (κ2) is 10.6. The summed E-state index contributed by atoms with van der Waals surface area (Å²) in [7, 11) is 0. The van der Waals surface area contributed by atoms with Gasteiger partial charge in [0.1, 0.15) is 4.32 Å². The lowest BCUT2D eigenvalue weighted by atomic mass is 10.0. The Kier molecular flexibility index (Phi) is 7.37. The van der Waals surface area contributed by atoms with Crippen molar-refractivity contribution in [1.29, 1.82) is 0 Å². The van der Waals surface area contributed by atoms with Gasteiger partial charge >= 0.3 is 0 Å². The molecule has 4 rings (SSSR count). The van der Waals surface area contributed by atoms with Crippen LogP contribution in [0, 0.1) is 6.92 Å². The van der Waals surface area contributed by atoms with E-state index < -0.39 is 0 Å². The van der Waals surface area contributed by atoms with Crippen molar-refractivity contribution in [2.45, 2.75) is 19.8 Å². The quantitative estimate of drug-likeness (QED) is 0.325. The van der Waals surface area contributed by atoms with Crippen molar-refractivity contribution in [2.24, 2.45) is 0 Å². The van der Waals surface area contributed by atoms with Gasteiger partial charge in [0.2, 0.25) is 5.91 Å². The zero-order chi connectivity index (χ0) is 23.2. The predicted octanol–water partition coefficient (Wildman–Crippen LogP) is 6.28. The van der Waals surface area contributed by atoms with Crippen LogP contribution in [0.2, 0.25) is 0 Å². The van der Waals surface area contributed by atoms with Gasteiger partial charge in [0.15, 0.2) is 0 Å². The summed E-state index contributed by atoms with van der Waals surface area (Å²) in [5.41, 5.74) is 5.15. The molecule has 6 heteroatoms. The van der Waals surface area contributed by atoms with Crippen LogP contribution in [0.3, 0.4) is 0 Å². The number of hydrogen-bond acceptors (Lipinski definition) is 4. The maximum Gasteiger partial charge on any atom is 0.266 e. The van der Waals surface area contributed by atoms with Gasteiger partial charge in [-0.15, -0.1) is 0 Å². The standard InChI is InChI=1S/C27H24N2O2S2/c1-19-9-15-23(16-10-19)28-25(30)8-5-17-29-26(31)24(33-27(29)32)18-20-11-13-22(14-12-20)21-6-3-2-4-7-21/h2-4,6-7,9-16,18H,5,8,17H2,1H3,(H,28,30)/b24-18-. The topological polar surface area (TPSA) is 49.4 Å². The Morgan fingerprint density at radius 3 is 2.33 bits per heavy atom. The Balaban J connectivity index is 1.32. The van der Waals surface area contributed by atoms with Crippen LogP contribution in [0.1, 0.15) is 24.0 Å². The van der Waals surface area contributed by atoms with Gasteiger partial charge in [0.05, 0.1) is 4.91 Å². The van der Waals surface area contributed by atoms with Gasteiger partial charge in [-0.1, -0.05) is 96.3 Å². The summed E-state index contributed by atoms with van der Waals surface area (Å²) in [4.78, 5) is 27.3. The summed E-state index contributed by atoms with van der Waals surface area (Å²) in [6.07, 6.45) is 2.74. The van der Waals surface area contributed by atoms with E-state index in [9.17, 15) is 9.59 Å². The first kappa shape index (κ1) is 23.0. The third kappa shape index (κ3) is 5.97. The molecule has 1 fully saturated rings. The van der Waals surface area contributed by atoms with Crippen molar-refractivity contribution in [3.63, 3.8) is 0 Å². The number of carbonyl (C=O) groups is 2. The third-order valence-corrected chi connectivity index (χ3v) is 6.69. The Morgan fingerprint density at radius 1 is 0.970 bits per heavy atom. The summed E-state index contributed by atoms with van der Waals surface area (Å²) < 4.78 is 0.533. The Hall–Kier alpha value is -3.22. The molecule has 0 atom stereocenters. The maximum atomic E-state index is 12.9. The lowest BCUT2D eigenvalue weighted by Gasteiger charge is -2.14. The summed E-state index contributed by atoms with van der Waals surface area (Å²) in [6.45, 7) is 2.43. The average molecular weight is 473 g/mol. The number of carbonyl (C=O) groups excluding carboxylic acids is 2. The minimum atomic E-state index is -0.101. The molecule has 166 valence electrons. The number of amides is 2. The first-order chi connectivity index (χ1) is 16.0. The van der Waals surface area contributed by atoms with Crippen LogP contribution in [0.25, 0.3) is 17.2 Å². The van der Waals surface area contributed by atoms with Gasteiger partial charge < -0.3 is 5.32 Å². The maximum absolute atomic E-state index is 12.9. The fourth-order valence-corrected chi connectivity index (χ4v) is 4.81. The lowest BCUT2D eigenvalue weighted by molar-refractivity contribution is -0.122. The van der Waals surface area contributed by atoms with E-state index in [4.69, 9.17) is 12.2 Å². The van der Waals surface area contributed by atoms with E-state index >= 15 is 0 Å². The Bertz CT molecular complexity index is 1190. The van der Waals surface area contributed by atoms with Crippen LogP contribution in [0.15, 0.2) is 83.8 Å². The molecule has 1 heterocycles. The normalized spacial score (nSPS) is 14.7. The smallest absolute Gasteiger partial charge is 0.266 e. The largest absolute Gasteiger partial charge is 0.326 e. The van der Waals surface area contributed by atoms with E-state index in [0.717, 1.165) is 27.9 Å². The SMILES string of the molecule is Cc1ccc(NC(=O)CCCN2C(=O)/C(=C/c3ccc(-c4ccccc4)cc3)SC2=S)cc1. The van der Waals surface area contributed by atoms with Crippen LogP contribution < -0.4 is 5.32 Å². The lowest BCUT2D eigenvalue weighted by Crippen LogP contribution is -2.29. The highest BCUT2D eigenvalue weighted by Crippen LogP contribution is 2.33. The molecular weight excluding hydrogens is 448 g/mol. The minimum Gasteiger partial charge on any atom is -0.326 e. The number of anilines is 1. The van der Waals surface area contributed by atoms with Gasteiger partial charge in [0, 0.05) is 18.7 Å². The van der Waals surface area contributed by atoms with E-state index in [2.05, 4.69) is 29.6 Å². The molecule has 0 radical (unpaired) electrons. The summed E-state index contributed by atoms with van der Waals surface area (Å²) >= 11 is 6.73. The molecular formula is C27H24N2O2S2. The summed E-state index contributed by atoms with van der Waals surface area (Å²) in [6, 6.07) is 25.9. The summed E-state index contributed by atoms with van der Waals surface area (Å²) in [5.74, 6) is -0.172. The average Bonchev–Trinajstić information content (AvgIpc) is 3.09. The van der Waals surface area contributed by atoms with Crippen LogP contribution in [0.4, 0.5) is 5.69 Å². The first-order valence-electron chi connectivity index (χ1n) is 10.8. The molecule has 0 spiro atoms. The highest BCUT2D eigenvalue weighted by Gasteiger charge is 2.31. The molecule has 33 heavy (non-hydrogen) atoms. The van der Waals surface area contributed by atoms with E-state index in [1.54, 1.807) is 4.90 Å². The monoisotopic (exact) mass is 472 g/mol. The number of nitrogens with one attached hydrogen (secondary N) is 1. The van der Waals surface area contributed by atoms with Crippen LogP contribution in [-0.4, -0.2) is 27.6 Å². The fraction of sp³-hybridized carbons (Fsp3) is 0.148.